The number of hydrogen-bond donors (Lipinski definition) is 0. The molecule has 45 heavy (non-hydrogen) atoms. The van der Waals surface area contributed by atoms with Crippen molar-refractivity contribution in [3.63, 3.8) is 0 Å². The Morgan fingerprint density at radius 3 is 1.38 bits per heavy atom. The van der Waals surface area contributed by atoms with Gasteiger partial charge in [0.05, 0.1) is 5.41 Å². The predicted octanol–water partition coefficient (Wildman–Crippen LogP) is 10.2. The van der Waals surface area contributed by atoms with Crippen molar-refractivity contribution >= 4 is 0 Å². The van der Waals surface area contributed by atoms with Crippen molar-refractivity contribution in [2.45, 2.75) is 17.8 Å². The summed E-state index contributed by atoms with van der Waals surface area (Å²) in [5.74, 6) is -0.648. The lowest BCUT2D eigenvalue weighted by molar-refractivity contribution is -0.147. The van der Waals surface area contributed by atoms with Crippen LogP contribution in [0.4, 0.5) is 26.3 Å². The van der Waals surface area contributed by atoms with Crippen LogP contribution in [0.5, 0.6) is 0 Å². The lowest BCUT2D eigenvalue weighted by atomic mass is 9.70. The van der Waals surface area contributed by atoms with Crippen LogP contribution in [-0.2, 0) is 17.8 Å². The molecule has 0 bridgehead atoms. The van der Waals surface area contributed by atoms with Crippen molar-refractivity contribution < 1.29 is 26.3 Å². The normalized spacial score (nSPS) is 14.2. The summed E-state index contributed by atoms with van der Waals surface area (Å²) in [5, 5.41) is 0. The van der Waals surface area contributed by atoms with E-state index < -0.39 is 35.0 Å². The van der Waals surface area contributed by atoms with Gasteiger partial charge in [0, 0.05) is 5.56 Å². The number of benzene rings is 5. The zero-order valence-electron chi connectivity index (χ0n) is 23.2. The Labute approximate surface area is 253 Å². The monoisotopic (exact) mass is 606 g/mol. The standard InChI is InChI=1S/C37H20F6N2/c38-36(39,40)31-20-32(37(41,42)43)45-34(44-31)22-18-16-21(17-19-22)23-11-7-15-30-33(23)26-10-3-6-14-29(26)35(30)27-12-4-1-8-24(27)25-9-2-5-13-28(25)35/h1-20H. The molecule has 1 heterocycles. The highest BCUT2D eigenvalue weighted by atomic mass is 19.4. The summed E-state index contributed by atoms with van der Waals surface area (Å²) in [4.78, 5) is 6.87. The van der Waals surface area contributed by atoms with Crippen LogP contribution in [0, 0.1) is 0 Å². The van der Waals surface area contributed by atoms with Gasteiger partial charge in [-0.25, -0.2) is 9.97 Å². The lowest BCUT2D eigenvalue weighted by Crippen LogP contribution is -2.25. The first-order valence-corrected chi connectivity index (χ1v) is 14.2. The van der Waals surface area contributed by atoms with Crippen LogP contribution in [0.1, 0.15) is 33.6 Å². The number of aromatic nitrogens is 2. The molecule has 5 aromatic carbocycles. The molecule has 0 fully saturated rings. The van der Waals surface area contributed by atoms with Crippen LogP contribution in [0.15, 0.2) is 121 Å². The number of halogens is 6. The second kappa shape index (κ2) is 9.38. The molecule has 0 N–H and O–H groups in total. The molecule has 6 aromatic rings. The molecule has 2 aliphatic rings. The highest BCUT2D eigenvalue weighted by Crippen LogP contribution is 2.63. The van der Waals surface area contributed by atoms with Gasteiger partial charge in [-0.1, -0.05) is 115 Å². The molecule has 0 saturated heterocycles. The van der Waals surface area contributed by atoms with E-state index in [9.17, 15) is 26.3 Å². The minimum atomic E-state index is -5.07. The Hall–Kier alpha value is -5.24. The summed E-state index contributed by atoms with van der Waals surface area (Å²) in [6, 6.07) is 37.4. The van der Waals surface area contributed by atoms with Crippen molar-refractivity contribution in [1.29, 1.82) is 0 Å². The maximum absolute atomic E-state index is 13.4. The number of hydrogen-bond acceptors (Lipinski definition) is 2. The second-order valence-corrected chi connectivity index (χ2v) is 11.1. The molecule has 0 aliphatic heterocycles. The highest BCUT2D eigenvalue weighted by Gasteiger charge is 2.52. The van der Waals surface area contributed by atoms with Gasteiger partial charge in [-0.3, -0.25) is 0 Å². The van der Waals surface area contributed by atoms with Gasteiger partial charge in [-0.2, -0.15) is 26.3 Å². The van der Waals surface area contributed by atoms with Gasteiger partial charge in [0.25, 0.3) is 0 Å². The second-order valence-electron chi connectivity index (χ2n) is 11.1. The number of fused-ring (bicyclic) bond motifs is 10. The van der Waals surface area contributed by atoms with Gasteiger partial charge in [0.2, 0.25) is 0 Å². The van der Waals surface area contributed by atoms with Crippen molar-refractivity contribution in [3.8, 4) is 44.8 Å². The summed E-state index contributed by atoms with van der Waals surface area (Å²) in [6.45, 7) is 0. The molecule has 1 spiro atoms. The quantitative estimate of drug-likeness (QED) is 0.183. The minimum Gasteiger partial charge on any atom is -0.224 e. The van der Waals surface area contributed by atoms with Gasteiger partial charge in [-0.05, 0) is 61.7 Å². The molecule has 8 heteroatoms. The van der Waals surface area contributed by atoms with E-state index in [-0.39, 0.29) is 11.6 Å². The average Bonchev–Trinajstić information content (AvgIpc) is 3.51. The number of nitrogens with zero attached hydrogens (tertiary/aromatic N) is 2. The third kappa shape index (κ3) is 3.91. The maximum Gasteiger partial charge on any atom is 0.433 e. The summed E-state index contributed by atoms with van der Waals surface area (Å²) < 4.78 is 80.6. The van der Waals surface area contributed by atoms with E-state index in [4.69, 9.17) is 0 Å². The summed E-state index contributed by atoms with van der Waals surface area (Å²) in [5.41, 5.74) is 6.92. The molecule has 220 valence electrons. The van der Waals surface area contributed by atoms with E-state index in [2.05, 4.69) is 64.6 Å². The van der Waals surface area contributed by atoms with E-state index in [0.29, 0.717) is 0 Å². The van der Waals surface area contributed by atoms with E-state index in [0.717, 1.165) is 33.4 Å². The lowest BCUT2D eigenvalue weighted by Gasteiger charge is -2.30. The van der Waals surface area contributed by atoms with Crippen LogP contribution < -0.4 is 0 Å². The molecule has 0 amide bonds. The minimum absolute atomic E-state index is 0.0402. The Bertz CT molecular complexity index is 2070. The van der Waals surface area contributed by atoms with Gasteiger partial charge in [0.1, 0.15) is 11.4 Å². The smallest absolute Gasteiger partial charge is 0.224 e. The van der Waals surface area contributed by atoms with Crippen LogP contribution in [0.3, 0.4) is 0 Å². The zero-order chi connectivity index (χ0) is 31.1. The Kier molecular flexibility index (Phi) is 5.69. The van der Waals surface area contributed by atoms with Gasteiger partial charge in [-0.15, -0.1) is 0 Å². The molecule has 2 nitrogen and oxygen atoms in total. The first kappa shape index (κ1) is 27.3. The molecule has 0 radical (unpaired) electrons. The molecule has 2 aliphatic carbocycles. The summed E-state index contributed by atoms with van der Waals surface area (Å²) >= 11 is 0. The first-order valence-electron chi connectivity index (χ1n) is 14.2. The molecule has 0 atom stereocenters. The predicted molar refractivity (Wildman–Crippen MR) is 159 cm³/mol. The largest absolute Gasteiger partial charge is 0.433 e. The van der Waals surface area contributed by atoms with Crippen LogP contribution >= 0.6 is 0 Å². The van der Waals surface area contributed by atoms with Gasteiger partial charge >= 0.3 is 12.4 Å². The Morgan fingerprint density at radius 2 is 0.844 bits per heavy atom. The van der Waals surface area contributed by atoms with E-state index in [1.54, 1.807) is 12.1 Å². The molecule has 0 unspecified atom stereocenters. The van der Waals surface area contributed by atoms with Gasteiger partial charge < -0.3 is 0 Å². The number of rotatable bonds is 2. The molecular weight excluding hydrogens is 586 g/mol. The summed E-state index contributed by atoms with van der Waals surface area (Å²) in [6.07, 6.45) is -10.1. The van der Waals surface area contributed by atoms with Crippen molar-refractivity contribution in [3.05, 3.63) is 155 Å². The topological polar surface area (TPSA) is 25.8 Å². The van der Waals surface area contributed by atoms with Crippen molar-refractivity contribution in [1.82, 2.24) is 9.97 Å². The third-order valence-electron chi connectivity index (χ3n) is 8.78. The van der Waals surface area contributed by atoms with E-state index in [1.165, 1.54) is 34.4 Å². The Balaban J connectivity index is 1.31. The molecule has 8 rings (SSSR count). The maximum atomic E-state index is 13.4. The van der Waals surface area contributed by atoms with Crippen molar-refractivity contribution in [2.24, 2.45) is 0 Å². The first-order chi connectivity index (χ1) is 21.6. The molecule has 1 aromatic heterocycles. The zero-order valence-corrected chi connectivity index (χ0v) is 23.2. The third-order valence-corrected chi connectivity index (χ3v) is 8.78. The van der Waals surface area contributed by atoms with Crippen molar-refractivity contribution in [2.75, 3.05) is 0 Å². The SMILES string of the molecule is FC(F)(F)c1cc(C(F)(F)F)nc(-c2ccc(-c3cccc4c3-c3ccccc3C43c4ccccc4-c4ccccc43)cc2)n1. The molecule has 0 saturated carbocycles. The van der Waals surface area contributed by atoms with E-state index >= 15 is 0 Å². The number of alkyl halides is 6. The fourth-order valence-electron chi connectivity index (χ4n) is 7.05. The highest BCUT2D eigenvalue weighted by molar-refractivity contribution is 5.99. The van der Waals surface area contributed by atoms with Crippen LogP contribution in [-0.4, -0.2) is 9.97 Å². The molecular formula is C37H20F6N2. The average molecular weight is 607 g/mol. The Morgan fingerprint density at radius 1 is 0.422 bits per heavy atom. The van der Waals surface area contributed by atoms with Crippen LogP contribution in [0.2, 0.25) is 0 Å². The fraction of sp³-hybridized carbons (Fsp3) is 0.0811. The van der Waals surface area contributed by atoms with E-state index in [1.807, 2.05) is 36.4 Å². The van der Waals surface area contributed by atoms with Gasteiger partial charge in [0.15, 0.2) is 5.82 Å². The summed E-state index contributed by atoms with van der Waals surface area (Å²) in [7, 11) is 0. The van der Waals surface area contributed by atoms with Crippen LogP contribution in [0.25, 0.3) is 44.8 Å². The fourth-order valence-corrected chi connectivity index (χ4v) is 7.05.